The Morgan fingerprint density at radius 2 is 1.72 bits per heavy atom. The maximum absolute atomic E-state index is 13.2. The number of methoxy groups -OCH3 is 2. The van der Waals surface area contributed by atoms with Gasteiger partial charge in [-0.15, -0.1) is 0 Å². The standard InChI is InChI=1S/C25H24IN3O3/c1-15-6-5-7-16(2)23(15)27-25(30)20-12-19-21(13-22(20)32-4)29(28-24(19)26)14-17-8-10-18(31-3)11-9-17/h5-13H,14H2,1-4H3,(H,27,30). The quantitative estimate of drug-likeness (QED) is 0.324. The molecule has 1 aromatic heterocycles. The van der Waals surface area contributed by atoms with Crippen molar-refractivity contribution in [3.05, 3.63) is 80.6 Å². The molecule has 0 spiro atoms. The van der Waals surface area contributed by atoms with Gasteiger partial charge in [-0.25, -0.2) is 0 Å². The molecule has 3 aromatic carbocycles. The van der Waals surface area contributed by atoms with Crippen LogP contribution in [-0.2, 0) is 6.54 Å². The highest BCUT2D eigenvalue weighted by Crippen LogP contribution is 2.31. The Hall–Kier alpha value is -3.07. The monoisotopic (exact) mass is 541 g/mol. The lowest BCUT2D eigenvalue weighted by Crippen LogP contribution is -2.15. The summed E-state index contributed by atoms with van der Waals surface area (Å²) in [5, 5.41) is 8.66. The van der Waals surface area contributed by atoms with Crippen molar-refractivity contribution in [1.82, 2.24) is 9.78 Å². The van der Waals surface area contributed by atoms with Gasteiger partial charge in [-0.3, -0.25) is 9.48 Å². The molecule has 0 atom stereocenters. The average Bonchev–Trinajstić information content (AvgIpc) is 3.10. The van der Waals surface area contributed by atoms with Gasteiger partial charge in [0.2, 0.25) is 0 Å². The topological polar surface area (TPSA) is 65.4 Å². The number of para-hydroxylation sites is 1. The summed E-state index contributed by atoms with van der Waals surface area (Å²) in [7, 11) is 3.23. The van der Waals surface area contributed by atoms with Gasteiger partial charge in [0.05, 0.1) is 31.8 Å². The Bertz CT molecular complexity index is 1280. The number of anilines is 1. The van der Waals surface area contributed by atoms with Gasteiger partial charge in [0.1, 0.15) is 15.2 Å². The van der Waals surface area contributed by atoms with Gasteiger partial charge in [-0.1, -0.05) is 30.3 Å². The molecule has 0 saturated carbocycles. The molecule has 0 saturated heterocycles. The molecule has 0 aliphatic carbocycles. The highest BCUT2D eigenvalue weighted by molar-refractivity contribution is 14.1. The second-order valence-electron chi connectivity index (χ2n) is 7.59. The fourth-order valence-corrected chi connectivity index (χ4v) is 4.42. The second-order valence-corrected chi connectivity index (χ2v) is 8.61. The van der Waals surface area contributed by atoms with E-state index in [1.165, 1.54) is 0 Å². The maximum atomic E-state index is 13.2. The molecule has 0 bridgehead atoms. The predicted molar refractivity (Wildman–Crippen MR) is 135 cm³/mol. The van der Waals surface area contributed by atoms with Crippen LogP contribution in [0, 0.1) is 17.5 Å². The summed E-state index contributed by atoms with van der Waals surface area (Å²) < 4.78 is 13.6. The van der Waals surface area contributed by atoms with E-state index >= 15 is 0 Å². The first-order valence-corrected chi connectivity index (χ1v) is 11.2. The first kappa shape index (κ1) is 22.1. The first-order valence-electron chi connectivity index (χ1n) is 10.2. The fourth-order valence-electron chi connectivity index (χ4n) is 3.72. The van der Waals surface area contributed by atoms with E-state index in [0.717, 1.165) is 42.7 Å². The number of hydrogen-bond donors (Lipinski definition) is 1. The SMILES string of the molecule is COc1ccc(Cn2nc(I)c3cc(C(=O)Nc4c(C)cccc4C)c(OC)cc32)cc1. The van der Waals surface area contributed by atoms with Crippen LogP contribution in [0.5, 0.6) is 11.5 Å². The summed E-state index contributed by atoms with van der Waals surface area (Å²) in [5.74, 6) is 1.11. The van der Waals surface area contributed by atoms with E-state index in [1.54, 1.807) is 14.2 Å². The number of aromatic nitrogens is 2. The van der Waals surface area contributed by atoms with Crippen LogP contribution in [0.1, 0.15) is 27.0 Å². The molecule has 7 heteroatoms. The number of fused-ring (bicyclic) bond motifs is 1. The highest BCUT2D eigenvalue weighted by Gasteiger charge is 2.19. The molecule has 32 heavy (non-hydrogen) atoms. The summed E-state index contributed by atoms with van der Waals surface area (Å²) in [4.78, 5) is 13.2. The van der Waals surface area contributed by atoms with Crippen molar-refractivity contribution in [3.8, 4) is 11.5 Å². The minimum Gasteiger partial charge on any atom is -0.497 e. The molecule has 0 fully saturated rings. The van der Waals surface area contributed by atoms with E-state index in [0.29, 0.717) is 17.9 Å². The number of halogens is 1. The lowest BCUT2D eigenvalue weighted by Gasteiger charge is -2.14. The smallest absolute Gasteiger partial charge is 0.259 e. The predicted octanol–water partition coefficient (Wildman–Crippen LogP) is 5.58. The number of carbonyl (C=O) groups is 1. The number of nitrogens with one attached hydrogen (secondary N) is 1. The summed E-state index contributed by atoms with van der Waals surface area (Å²) >= 11 is 2.21. The number of aryl methyl sites for hydroxylation is 2. The minimum atomic E-state index is -0.208. The summed E-state index contributed by atoms with van der Waals surface area (Å²) in [6, 6.07) is 17.6. The van der Waals surface area contributed by atoms with Crippen LogP contribution < -0.4 is 14.8 Å². The van der Waals surface area contributed by atoms with Crippen LogP contribution in [0.4, 0.5) is 5.69 Å². The number of carbonyl (C=O) groups excluding carboxylic acids is 1. The molecular weight excluding hydrogens is 517 g/mol. The Morgan fingerprint density at radius 1 is 1.03 bits per heavy atom. The summed E-state index contributed by atoms with van der Waals surface area (Å²) in [6.45, 7) is 4.56. The Balaban J connectivity index is 1.71. The molecule has 0 unspecified atom stereocenters. The lowest BCUT2D eigenvalue weighted by molar-refractivity contribution is 0.102. The molecule has 0 aliphatic rings. The molecule has 0 aliphatic heterocycles. The molecule has 164 valence electrons. The third kappa shape index (κ3) is 4.29. The maximum Gasteiger partial charge on any atom is 0.259 e. The van der Waals surface area contributed by atoms with Crippen molar-refractivity contribution in [2.45, 2.75) is 20.4 Å². The number of nitrogens with zero attached hydrogens (tertiary/aromatic N) is 2. The number of benzene rings is 3. The van der Waals surface area contributed by atoms with Gasteiger partial charge in [-0.2, -0.15) is 5.10 Å². The molecular formula is C25H24IN3O3. The number of ether oxygens (including phenoxy) is 2. The third-order valence-electron chi connectivity index (χ3n) is 5.48. The van der Waals surface area contributed by atoms with E-state index in [-0.39, 0.29) is 5.91 Å². The molecule has 1 N–H and O–H groups in total. The fraction of sp³-hybridized carbons (Fsp3) is 0.200. The number of hydrogen-bond acceptors (Lipinski definition) is 4. The van der Waals surface area contributed by atoms with Crippen LogP contribution in [-0.4, -0.2) is 29.9 Å². The third-order valence-corrected chi connectivity index (χ3v) is 6.28. The Kier molecular flexibility index (Phi) is 6.36. The van der Waals surface area contributed by atoms with Gasteiger partial charge >= 0.3 is 0 Å². The largest absolute Gasteiger partial charge is 0.497 e. The Morgan fingerprint density at radius 3 is 2.34 bits per heavy atom. The highest BCUT2D eigenvalue weighted by atomic mass is 127. The zero-order valence-corrected chi connectivity index (χ0v) is 20.6. The lowest BCUT2D eigenvalue weighted by atomic mass is 10.1. The van der Waals surface area contributed by atoms with Gasteiger partial charge in [-0.05, 0) is 71.3 Å². The van der Waals surface area contributed by atoms with Crippen LogP contribution >= 0.6 is 22.6 Å². The van der Waals surface area contributed by atoms with Crippen LogP contribution in [0.15, 0.2) is 54.6 Å². The first-order chi connectivity index (χ1) is 15.4. The molecule has 4 aromatic rings. The normalized spacial score (nSPS) is 10.9. The van der Waals surface area contributed by atoms with Crippen molar-refractivity contribution in [2.75, 3.05) is 19.5 Å². The van der Waals surface area contributed by atoms with E-state index in [9.17, 15) is 4.79 Å². The van der Waals surface area contributed by atoms with E-state index in [2.05, 4.69) is 27.9 Å². The van der Waals surface area contributed by atoms with Crippen LogP contribution in [0.3, 0.4) is 0 Å². The van der Waals surface area contributed by atoms with Gasteiger partial charge < -0.3 is 14.8 Å². The average molecular weight is 541 g/mol. The van der Waals surface area contributed by atoms with Crippen LogP contribution in [0.25, 0.3) is 10.9 Å². The zero-order chi connectivity index (χ0) is 22.8. The molecule has 1 heterocycles. The van der Waals surface area contributed by atoms with Crippen LogP contribution in [0.2, 0.25) is 0 Å². The van der Waals surface area contributed by atoms with Crippen molar-refractivity contribution < 1.29 is 14.3 Å². The molecule has 0 radical (unpaired) electrons. The molecule has 4 rings (SSSR count). The van der Waals surface area contributed by atoms with Gasteiger partial charge in [0, 0.05) is 17.1 Å². The van der Waals surface area contributed by atoms with Crippen molar-refractivity contribution in [3.63, 3.8) is 0 Å². The van der Waals surface area contributed by atoms with Gasteiger partial charge in [0.25, 0.3) is 5.91 Å². The van der Waals surface area contributed by atoms with Crippen molar-refractivity contribution in [2.24, 2.45) is 0 Å². The Labute approximate surface area is 200 Å². The number of amides is 1. The van der Waals surface area contributed by atoms with Crippen molar-refractivity contribution in [1.29, 1.82) is 0 Å². The molecule has 6 nitrogen and oxygen atoms in total. The minimum absolute atomic E-state index is 0.208. The van der Waals surface area contributed by atoms with E-state index < -0.39 is 0 Å². The molecule has 1 amide bonds. The van der Waals surface area contributed by atoms with Crippen molar-refractivity contribution >= 4 is 45.1 Å². The second kappa shape index (κ2) is 9.20. The number of rotatable bonds is 6. The van der Waals surface area contributed by atoms with E-state index in [4.69, 9.17) is 14.6 Å². The summed E-state index contributed by atoms with van der Waals surface area (Å²) in [5.41, 5.74) is 5.34. The van der Waals surface area contributed by atoms with E-state index in [1.807, 2.05) is 73.1 Å². The summed E-state index contributed by atoms with van der Waals surface area (Å²) in [6.07, 6.45) is 0. The zero-order valence-electron chi connectivity index (χ0n) is 18.4. The van der Waals surface area contributed by atoms with Gasteiger partial charge in [0.15, 0.2) is 0 Å².